The first-order valence-electron chi connectivity index (χ1n) is 6.17. The van der Waals surface area contributed by atoms with Gasteiger partial charge in [0.1, 0.15) is 6.07 Å². The summed E-state index contributed by atoms with van der Waals surface area (Å²) in [6.45, 7) is 3.80. The summed E-state index contributed by atoms with van der Waals surface area (Å²) in [5, 5.41) is 9.58. The molecule has 2 N–H and O–H groups in total. The van der Waals surface area contributed by atoms with Crippen molar-refractivity contribution in [1.82, 2.24) is 4.57 Å². The summed E-state index contributed by atoms with van der Waals surface area (Å²) in [4.78, 5) is 12.0. The number of nitrogens with zero attached hydrogens (tertiary/aromatic N) is 2. The van der Waals surface area contributed by atoms with E-state index in [1.54, 1.807) is 6.07 Å². The van der Waals surface area contributed by atoms with Gasteiger partial charge in [-0.15, -0.1) is 0 Å². The van der Waals surface area contributed by atoms with Gasteiger partial charge < -0.3 is 15.0 Å². The zero-order chi connectivity index (χ0) is 15.7. The Hall–Kier alpha value is -2.45. The first-order valence-corrected chi connectivity index (χ1v) is 6.54. The Morgan fingerprint density at radius 3 is 2.62 bits per heavy atom. The number of carbonyl (C=O) groups is 1. The van der Waals surface area contributed by atoms with E-state index in [1.807, 2.05) is 26.0 Å². The van der Waals surface area contributed by atoms with Gasteiger partial charge in [-0.25, -0.2) is 4.79 Å². The van der Waals surface area contributed by atoms with Crippen LogP contribution in [0.2, 0.25) is 5.02 Å². The van der Waals surface area contributed by atoms with Crippen molar-refractivity contribution in [1.29, 1.82) is 5.26 Å². The molecule has 108 valence electrons. The molecule has 1 aromatic heterocycles. The molecule has 1 aromatic carbocycles. The smallest absolute Gasteiger partial charge is 0.357 e. The lowest BCUT2D eigenvalue weighted by Gasteiger charge is -2.14. The lowest BCUT2D eigenvalue weighted by atomic mass is 10.1. The number of methoxy groups -OCH3 is 1. The molecule has 0 aliphatic heterocycles. The highest BCUT2D eigenvalue weighted by Gasteiger charge is 2.23. The van der Waals surface area contributed by atoms with Gasteiger partial charge in [0.2, 0.25) is 0 Å². The minimum absolute atomic E-state index is 0.0837. The monoisotopic (exact) mass is 303 g/mol. The fraction of sp³-hybridized carbons (Fsp3) is 0.200. The van der Waals surface area contributed by atoms with Crippen molar-refractivity contribution in [2.24, 2.45) is 0 Å². The predicted molar refractivity (Wildman–Crippen MR) is 80.7 cm³/mol. The third-order valence-electron chi connectivity index (χ3n) is 3.18. The average Bonchev–Trinajstić information content (AvgIpc) is 2.73. The van der Waals surface area contributed by atoms with Crippen molar-refractivity contribution in [3.05, 3.63) is 45.7 Å². The maximum atomic E-state index is 12.0. The van der Waals surface area contributed by atoms with Crippen LogP contribution in [0.1, 0.15) is 27.2 Å². The van der Waals surface area contributed by atoms with E-state index in [4.69, 9.17) is 27.3 Å². The van der Waals surface area contributed by atoms with Crippen LogP contribution in [-0.4, -0.2) is 17.6 Å². The Kier molecular flexibility index (Phi) is 3.92. The first kappa shape index (κ1) is 14.9. The number of esters is 1. The summed E-state index contributed by atoms with van der Waals surface area (Å²) in [5.41, 5.74) is 8.73. The molecular formula is C15H14ClN3O2. The highest BCUT2D eigenvalue weighted by Crippen LogP contribution is 2.31. The number of nitriles is 1. The predicted octanol–water partition coefficient (Wildman–Crippen LogP) is 2.99. The van der Waals surface area contributed by atoms with Crippen LogP contribution in [0.4, 0.5) is 5.69 Å². The van der Waals surface area contributed by atoms with E-state index in [1.165, 1.54) is 17.9 Å². The molecule has 0 saturated carbocycles. The van der Waals surface area contributed by atoms with E-state index >= 15 is 0 Å². The molecule has 0 aliphatic rings. The van der Waals surface area contributed by atoms with Gasteiger partial charge in [0.15, 0.2) is 5.69 Å². The first-order chi connectivity index (χ1) is 9.90. The summed E-state index contributed by atoms with van der Waals surface area (Å²) in [7, 11) is 1.26. The summed E-state index contributed by atoms with van der Waals surface area (Å²) in [5.74, 6) is -0.620. The van der Waals surface area contributed by atoms with Crippen molar-refractivity contribution in [2.45, 2.75) is 13.8 Å². The SMILES string of the molecule is COC(=O)c1c(N)c(C#N)cn1-c1c(C)cc(C)cc1Cl. The quantitative estimate of drug-likeness (QED) is 0.865. The number of aromatic nitrogens is 1. The third kappa shape index (κ3) is 2.46. The standard InChI is InChI=1S/C15H14ClN3O2/c1-8-4-9(2)13(11(16)5-8)19-7-10(6-17)12(18)14(19)15(20)21-3/h4-5,7H,18H2,1-3H3. The van der Waals surface area contributed by atoms with Crippen LogP contribution in [-0.2, 0) is 4.74 Å². The van der Waals surface area contributed by atoms with E-state index in [0.29, 0.717) is 10.7 Å². The largest absolute Gasteiger partial charge is 0.464 e. The zero-order valence-electron chi connectivity index (χ0n) is 11.9. The van der Waals surface area contributed by atoms with Crippen molar-refractivity contribution < 1.29 is 9.53 Å². The molecule has 2 rings (SSSR count). The molecule has 2 aromatic rings. The summed E-state index contributed by atoms with van der Waals surface area (Å²) in [6, 6.07) is 5.68. The Morgan fingerprint density at radius 2 is 2.10 bits per heavy atom. The molecule has 1 heterocycles. The van der Waals surface area contributed by atoms with Gasteiger partial charge in [0.05, 0.1) is 29.1 Å². The summed E-state index contributed by atoms with van der Waals surface area (Å²) in [6.07, 6.45) is 1.49. The number of aryl methyl sites for hydroxylation is 2. The van der Waals surface area contributed by atoms with Crippen molar-refractivity contribution in [2.75, 3.05) is 12.8 Å². The van der Waals surface area contributed by atoms with E-state index < -0.39 is 5.97 Å². The van der Waals surface area contributed by atoms with Crippen molar-refractivity contribution in [3.63, 3.8) is 0 Å². The average molecular weight is 304 g/mol. The number of nitrogens with two attached hydrogens (primary N) is 1. The number of carbonyl (C=O) groups excluding carboxylic acids is 1. The van der Waals surface area contributed by atoms with Crippen LogP contribution >= 0.6 is 11.6 Å². The minimum atomic E-state index is -0.620. The molecule has 0 bridgehead atoms. The Balaban J connectivity index is 2.82. The summed E-state index contributed by atoms with van der Waals surface area (Å²) < 4.78 is 6.26. The van der Waals surface area contributed by atoms with Crippen LogP contribution < -0.4 is 5.73 Å². The number of ether oxygens (including phenoxy) is 1. The molecular weight excluding hydrogens is 290 g/mol. The molecule has 0 fully saturated rings. The van der Waals surface area contributed by atoms with Crippen LogP contribution in [0.3, 0.4) is 0 Å². The highest BCUT2D eigenvalue weighted by atomic mass is 35.5. The van der Waals surface area contributed by atoms with Gasteiger partial charge in [-0.2, -0.15) is 5.26 Å². The van der Waals surface area contributed by atoms with Gasteiger partial charge in [-0.3, -0.25) is 0 Å². The minimum Gasteiger partial charge on any atom is -0.464 e. The van der Waals surface area contributed by atoms with E-state index in [9.17, 15) is 4.79 Å². The Bertz CT molecular complexity index is 749. The fourth-order valence-corrected chi connectivity index (χ4v) is 2.72. The van der Waals surface area contributed by atoms with Crippen LogP contribution in [0.5, 0.6) is 0 Å². The van der Waals surface area contributed by atoms with Gasteiger partial charge in [0, 0.05) is 6.20 Å². The van der Waals surface area contributed by atoms with Crippen LogP contribution in [0, 0.1) is 25.2 Å². The normalized spacial score (nSPS) is 10.2. The number of anilines is 1. The molecule has 6 heteroatoms. The van der Waals surface area contributed by atoms with Crippen LogP contribution in [0.15, 0.2) is 18.3 Å². The number of hydrogen-bond donors (Lipinski definition) is 1. The number of benzene rings is 1. The lowest BCUT2D eigenvalue weighted by Crippen LogP contribution is -2.12. The van der Waals surface area contributed by atoms with Gasteiger partial charge in [-0.1, -0.05) is 17.7 Å². The number of rotatable bonds is 2. The fourth-order valence-electron chi connectivity index (χ4n) is 2.30. The molecule has 0 atom stereocenters. The molecule has 0 radical (unpaired) electrons. The van der Waals surface area contributed by atoms with Gasteiger partial charge in [-0.05, 0) is 31.0 Å². The molecule has 0 spiro atoms. The maximum absolute atomic E-state index is 12.0. The number of halogens is 1. The van der Waals surface area contributed by atoms with E-state index in [-0.39, 0.29) is 16.9 Å². The topological polar surface area (TPSA) is 81.0 Å². The van der Waals surface area contributed by atoms with Gasteiger partial charge >= 0.3 is 5.97 Å². The Labute approximate surface area is 127 Å². The second-order valence-corrected chi connectivity index (χ2v) is 5.10. The second kappa shape index (κ2) is 5.51. The molecule has 0 saturated heterocycles. The number of hydrogen-bond acceptors (Lipinski definition) is 4. The van der Waals surface area contributed by atoms with Crippen molar-refractivity contribution >= 4 is 23.3 Å². The highest BCUT2D eigenvalue weighted by molar-refractivity contribution is 6.32. The van der Waals surface area contributed by atoms with E-state index in [0.717, 1.165) is 11.1 Å². The maximum Gasteiger partial charge on any atom is 0.357 e. The molecule has 5 nitrogen and oxygen atoms in total. The summed E-state index contributed by atoms with van der Waals surface area (Å²) >= 11 is 6.30. The second-order valence-electron chi connectivity index (χ2n) is 4.69. The van der Waals surface area contributed by atoms with Crippen LogP contribution in [0.25, 0.3) is 5.69 Å². The molecule has 21 heavy (non-hydrogen) atoms. The Morgan fingerprint density at radius 1 is 1.43 bits per heavy atom. The van der Waals surface area contributed by atoms with Crippen molar-refractivity contribution in [3.8, 4) is 11.8 Å². The number of nitrogen functional groups attached to an aromatic ring is 1. The molecule has 0 amide bonds. The lowest BCUT2D eigenvalue weighted by molar-refractivity contribution is 0.0593. The molecule has 0 unspecified atom stereocenters. The zero-order valence-corrected chi connectivity index (χ0v) is 12.7. The molecule has 0 aliphatic carbocycles. The van der Waals surface area contributed by atoms with E-state index in [2.05, 4.69) is 0 Å². The van der Waals surface area contributed by atoms with Gasteiger partial charge in [0.25, 0.3) is 0 Å². The third-order valence-corrected chi connectivity index (χ3v) is 3.47.